The average molecular weight is 399 g/mol. The highest BCUT2D eigenvalue weighted by atomic mass is 35.5. The lowest BCUT2D eigenvalue weighted by molar-refractivity contribution is 0.0710. The van der Waals surface area contributed by atoms with Crippen molar-refractivity contribution in [3.63, 3.8) is 0 Å². The summed E-state index contributed by atoms with van der Waals surface area (Å²) >= 11 is 6.57. The van der Waals surface area contributed by atoms with E-state index in [2.05, 4.69) is 35.0 Å². The molecule has 0 amide bonds. The van der Waals surface area contributed by atoms with Crippen molar-refractivity contribution in [2.45, 2.75) is 56.9 Å². The standard InChI is InChI=1S/C23H27ClN2O2/c24-22-20(10-11-25(23(22)28)14-15-1-2-15)16-3-8-21-17(13-16)9-12-26(21)18-4-6-19(27)7-5-18/h3,8-13,15,18-19,23,27-28H,1-2,4-7,14H2. The maximum atomic E-state index is 10.6. The zero-order valence-corrected chi connectivity index (χ0v) is 16.7. The molecule has 1 aromatic carbocycles. The Morgan fingerprint density at radius 3 is 2.54 bits per heavy atom. The summed E-state index contributed by atoms with van der Waals surface area (Å²) in [4.78, 5) is 1.94. The second-order valence-corrected chi connectivity index (χ2v) is 8.96. The Morgan fingerprint density at radius 2 is 1.79 bits per heavy atom. The monoisotopic (exact) mass is 398 g/mol. The first-order valence-electron chi connectivity index (χ1n) is 10.4. The van der Waals surface area contributed by atoms with Crippen LogP contribution in [0.2, 0.25) is 0 Å². The van der Waals surface area contributed by atoms with Gasteiger partial charge in [-0.2, -0.15) is 0 Å². The van der Waals surface area contributed by atoms with Crippen LogP contribution in [0.5, 0.6) is 0 Å². The van der Waals surface area contributed by atoms with E-state index in [1.54, 1.807) is 0 Å². The molecule has 5 rings (SSSR count). The van der Waals surface area contributed by atoms with Gasteiger partial charge in [0.15, 0.2) is 6.23 Å². The zero-order chi connectivity index (χ0) is 19.3. The summed E-state index contributed by atoms with van der Waals surface area (Å²) in [6.45, 7) is 0.874. The largest absolute Gasteiger partial charge is 0.393 e. The van der Waals surface area contributed by atoms with E-state index < -0.39 is 6.23 Å². The molecule has 0 saturated heterocycles. The first-order valence-corrected chi connectivity index (χ1v) is 10.8. The molecule has 1 atom stereocenters. The fourth-order valence-electron chi connectivity index (χ4n) is 4.60. The molecule has 1 unspecified atom stereocenters. The molecule has 0 spiro atoms. The van der Waals surface area contributed by atoms with Gasteiger partial charge in [-0.15, -0.1) is 0 Å². The number of aliphatic hydroxyl groups is 2. The second-order valence-electron chi connectivity index (χ2n) is 8.55. The molecule has 28 heavy (non-hydrogen) atoms. The maximum Gasteiger partial charge on any atom is 0.164 e. The van der Waals surface area contributed by atoms with E-state index in [4.69, 9.17) is 11.6 Å². The smallest absolute Gasteiger partial charge is 0.164 e. The average Bonchev–Trinajstić information content (AvgIpc) is 3.42. The molecular weight excluding hydrogens is 372 g/mol. The summed E-state index contributed by atoms with van der Waals surface area (Å²) in [5.74, 6) is 0.697. The highest BCUT2D eigenvalue weighted by Crippen LogP contribution is 2.37. The van der Waals surface area contributed by atoms with E-state index in [0.29, 0.717) is 17.0 Å². The van der Waals surface area contributed by atoms with Crippen molar-refractivity contribution in [2.24, 2.45) is 5.92 Å². The van der Waals surface area contributed by atoms with Crippen LogP contribution in [-0.2, 0) is 0 Å². The Balaban J connectivity index is 1.41. The second kappa shape index (κ2) is 7.25. The number of rotatable bonds is 4. The Bertz CT molecular complexity index is 935. The molecule has 0 bridgehead atoms. The summed E-state index contributed by atoms with van der Waals surface area (Å²) in [6, 6.07) is 9.03. The van der Waals surface area contributed by atoms with Crippen LogP contribution < -0.4 is 0 Å². The van der Waals surface area contributed by atoms with Crippen LogP contribution in [0.3, 0.4) is 0 Å². The van der Waals surface area contributed by atoms with Gasteiger partial charge in [-0.25, -0.2) is 0 Å². The van der Waals surface area contributed by atoms with Crippen LogP contribution in [0, 0.1) is 5.92 Å². The first kappa shape index (κ1) is 18.3. The Kier molecular flexibility index (Phi) is 4.74. The highest BCUT2D eigenvalue weighted by molar-refractivity contribution is 6.34. The van der Waals surface area contributed by atoms with E-state index in [9.17, 15) is 10.2 Å². The number of halogens is 1. The Labute approximate surface area is 170 Å². The first-order chi connectivity index (χ1) is 13.6. The number of benzene rings is 1. The lowest BCUT2D eigenvalue weighted by atomic mass is 9.93. The third-order valence-electron chi connectivity index (χ3n) is 6.49. The zero-order valence-electron chi connectivity index (χ0n) is 16.0. The number of hydrogen-bond donors (Lipinski definition) is 2. The molecule has 2 aliphatic carbocycles. The van der Waals surface area contributed by atoms with Gasteiger partial charge in [-0.3, -0.25) is 0 Å². The third-order valence-corrected chi connectivity index (χ3v) is 6.89. The molecule has 2 aromatic rings. The summed E-state index contributed by atoms with van der Waals surface area (Å²) in [6.07, 6.45) is 11.6. The summed E-state index contributed by atoms with van der Waals surface area (Å²) in [5.41, 5.74) is 3.16. The molecule has 5 heteroatoms. The van der Waals surface area contributed by atoms with E-state index in [0.717, 1.165) is 43.4 Å². The molecule has 4 nitrogen and oxygen atoms in total. The summed E-state index contributed by atoms with van der Waals surface area (Å²) in [7, 11) is 0. The topological polar surface area (TPSA) is 48.6 Å². The van der Waals surface area contributed by atoms with Crippen LogP contribution in [-0.4, -0.2) is 38.6 Å². The van der Waals surface area contributed by atoms with Crippen LogP contribution in [0.25, 0.3) is 16.5 Å². The molecule has 148 valence electrons. The SMILES string of the molecule is OC1CCC(n2ccc3cc(C4=C(Cl)C(O)N(CC5CC5)C=C4)ccc32)CC1. The van der Waals surface area contributed by atoms with Crippen LogP contribution in [0.1, 0.15) is 50.1 Å². The number of aliphatic hydroxyl groups excluding tert-OH is 2. The predicted molar refractivity (Wildman–Crippen MR) is 113 cm³/mol. The third kappa shape index (κ3) is 3.38. The van der Waals surface area contributed by atoms with Crippen molar-refractivity contribution in [3.05, 3.63) is 53.3 Å². The Morgan fingerprint density at radius 1 is 1.00 bits per heavy atom. The van der Waals surface area contributed by atoms with Crippen molar-refractivity contribution in [1.82, 2.24) is 9.47 Å². The van der Waals surface area contributed by atoms with Crippen molar-refractivity contribution >= 4 is 28.1 Å². The van der Waals surface area contributed by atoms with Crippen LogP contribution in [0.15, 0.2) is 47.8 Å². The fourth-order valence-corrected chi connectivity index (χ4v) is 4.89. The molecule has 1 aliphatic heterocycles. The number of nitrogens with zero attached hydrogens (tertiary/aromatic N) is 2. The van der Waals surface area contributed by atoms with Gasteiger partial charge in [0.25, 0.3) is 0 Å². The molecule has 2 N–H and O–H groups in total. The molecule has 2 heterocycles. The van der Waals surface area contributed by atoms with Crippen molar-refractivity contribution in [3.8, 4) is 0 Å². The quantitative estimate of drug-likeness (QED) is 0.789. The van der Waals surface area contributed by atoms with Gasteiger partial charge in [-0.1, -0.05) is 17.7 Å². The van der Waals surface area contributed by atoms with E-state index >= 15 is 0 Å². The van der Waals surface area contributed by atoms with Crippen molar-refractivity contribution in [1.29, 1.82) is 0 Å². The van der Waals surface area contributed by atoms with E-state index in [1.807, 2.05) is 17.2 Å². The minimum Gasteiger partial charge on any atom is -0.393 e. The van der Waals surface area contributed by atoms with Gasteiger partial charge in [-0.05, 0) is 74.3 Å². The predicted octanol–water partition coefficient (Wildman–Crippen LogP) is 4.62. The van der Waals surface area contributed by atoms with Gasteiger partial charge in [0.2, 0.25) is 0 Å². The van der Waals surface area contributed by atoms with Crippen molar-refractivity contribution < 1.29 is 10.2 Å². The number of fused-ring (bicyclic) bond motifs is 1. The fraction of sp³-hybridized carbons (Fsp3) is 0.478. The van der Waals surface area contributed by atoms with Gasteiger partial charge < -0.3 is 19.7 Å². The summed E-state index contributed by atoms with van der Waals surface area (Å²) < 4.78 is 2.35. The normalized spacial score (nSPS) is 28.4. The lowest BCUT2D eigenvalue weighted by Crippen LogP contribution is -2.34. The number of hydrogen-bond acceptors (Lipinski definition) is 3. The minimum atomic E-state index is -0.753. The van der Waals surface area contributed by atoms with Gasteiger partial charge in [0.1, 0.15) is 0 Å². The number of allylic oxidation sites excluding steroid dienone is 2. The van der Waals surface area contributed by atoms with Gasteiger partial charge in [0, 0.05) is 41.5 Å². The maximum absolute atomic E-state index is 10.6. The van der Waals surface area contributed by atoms with Crippen LogP contribution >= 0.6 is 11.6 Å². The van der Waals surface area contributed by atoms with Crippen molar-refractivity contribution in [2.75, 3.05) is 6.54 Å². The van der Waals surface area contributed by atoms with Gasteiger partial charge >= 0.3 is 0 Å². The van der Waals surface area contributed by atoms with E-state index in [-0.39, 0.29) is 6.10 Å². The van der Waals surface area contributed by atoms with E-state index in [1.165, 1.54) is 23.7 Å². The molecule has 0 radical (unpaired) electrons. The molecule has 1 aromatic heterocycles. The summed E-state index contributed by atoms with van der Waals surface area (Å²) in [5, 5.41) is 22.1. The lowest BCUT2D eigenvalue weighted by Gasteiger charge is -2.30. The van der Waals surface area contributed by atoms with Crippen LogP contribution in [0.4, 0.5) is 0 Å². The van der Waals surface area contributed by atoms with Gasteiger partial charge in [0.05, 0.1) is 11.1 Å². The highest BCUT2D eigenvalue weighted by Gasteiger charge is 2.30. The number of aromatic nitrogens is 1. The molecular formula is C23H27ClN2O2. The Hall–Kier alpha value is -1.75. The molecule has 3 aliphatic rings. The molecule has 2 fully saturated rings. The molecule has 2 saturated carbocycles. The minimum absolute atomic E-state index is 0.136.